The molecular weight excluding hydrogens is 236 g/mol. The fourth-order valence-corrected chi connectivity index (χ4v) is 1.90. The Balaban J connectivity index is 2.68. The fraction of sp³-hybridized carbons (Fsp3) is 0.167. The van der Waals surface area contributed by atoms with Crippen LogP contribution in [0.5, 0.6) is 5.75 Å². The molecule has 0 aliphatic heterocycles. The van der Waals surface area contributed by atoms with Crippen molar-refractivity contribution < 1.29 is 4.74 Å². The van der Waals surface area contributed by atoms with E-state index in [1.54, 1.807) is 25.4 Å². The number of hydrogen-bond donors (Lipinski definition) is 1. The number of pyridine rings is 1. The minimum atomic E-state index is -0.116. The zero-order valence-corrected chi connectivity index (χ0v) is 10.2. The van der Waals surface area contributed by atoms with E-state index in [1.165, 1.54) is 4.57 Å². The van der Waals surface area contributed by atoms with Gasteiger partial charge in [0.25, 0.3) is 5.56 Å². The standard InChI is InChI=1S/C12H12N2O2S/c1-16-10-4-2-3-9-8(10)5-6-14(12(9)15)7-11(13)17/h2-6H,7H2,1H3,(H2,13,17). The Hall–Kier alpha value is -1.88. The second kappa shape index (κ2) is 4.55. The smallest absolute Gasteiger partial charge is 0.258 e. The van der Waals surface area contributed by atoms with Crippen LogP contribution in [0.4, 0.5) is 0 Å². The van der Waals surface area contributed by atoms with Gasteiger partial charge in [-0.25, -0.2) is 0 Å². The first-order valence-corrected chi connectivity index (χ1v) is 5.49. The Morgan fingerprint density at radius 1 is 1.41 bits per heavy atom. The van der Waals surface area contributed by atoms with Crippen molar-refractivity contribution in [3.05, 3.63) is 40.8 Å². The van der Waals surface area contributed by atoms with E-state index in [0.717, 1.165) is 5.39 Å². The molecule has 0 spiro atoms. The highest BCUT2D eigenvalue weighted by atomic mass is 32.1. The highest BCUT2D eigenvalue weighted by Gasteiger charge is 2.06. The molecule has 0 amide bonds. The SMILES string of the molecule is COc1cccc2c(=O)n(CC(N)=S)ccc12. The van der Waals surface area contributed by atoms with Gasteiger partial charge in [-0.2, -0.15) is 0 Å². The lowest BCUT2D eigenvalue weighted by atomic mass is 10.1. The maximum absolute atomic E-state index is 12.1. The predicted octanol–water partition coefficient (Wildman–Crippen LogP) is 1.30. The number of fused-ring (bicyclic) bond motifs is 1. The van der Waals surface area contributed by atoms with E-state index >= 15 is 0 Å². The van der Waals surface area contributed by atoms with E-state index in [4.69, 9.17) is 22.7 Å². The molecule has 17 heavy (non-hydrogen) atoms. The average Bonchev–Trinajstić information content (AvgIpc) is 2.31. The van der Waals surface area contributed by atoms with Crippen LogP contribution in [0.25, 0.3) is 10.8 Å². The van der Waals surface area contributed by atoms with Gasteiger partial charge in [0.1, 0.15) is 5.75 Å². The van der Waals surface area contributed by atoms with Crippen molar-refractivity contribution in [2.45, 2.75) is 6.54 Å². The Bertz CT molecular complexity index is 634. The summed E-state index contributed by atoms with van der Waals surface area (Å²) in [5.41, 5.74) is 5.32. The summed E-state index contributed by atoms with van der Waals surface area (Å²) in [5, 5.41) is 1.39. The zero-order valence-electron chi connectivity index (χ0n) is 9.34. The van der Waals surface area contributed by atoms with Crippen LogP contribution < -0.4 is 16.0 Å². The summed E-state index contributed by atoms with van der Waals surface area (Å²) in [6, 6.07) is 7.19. The Kier molecular flexibility index (Phi) is 3.10. The highest BCUT2D eigenvalue weighted by molar-refractivity contribution is 7.80. The molecule has 1 aromatic carbocycles. The molecule has 0 radical (unpaired) electrons. The lowest BCUT2D eigenvalue weighted by molar-refractivity contribution is 0.419. The molecule has 2 rings (SSSR count). The molecule has 0 saturated carbocycles. The number of aromatic nitrogens is 1. The maximum Gasteiger partial charge on any atom is 0.258 e. The lowest BCUT2D eigenvalue weighted by Gasteiger charge is -2.08. The Morgan fingerprint density at radius 3 is 2.82 bits per heavy atom. The van der Waals surface area contributed by atoms with E-state index in [-0.39, 0.29) is 17.1 Å². The molecule has 2 N–H and O–H groups in total. The minimum absolute atomic E-state index is 0.116. The van der Waals surface area contributed by atoms with Gasteiger partial charge in [0.05, 0.1) is 24.0 Å². The van der Waals surface area contributed by atoms with Gasteiger partial charge in [0.15, 0.2) is 0 Å². The lowest BCUT2D eigenvalue weighted by Crippen LogP contribution is -2.26. The summed E-state index contributed by atoms with van der Waals surface area (Å²) in [6.07, 6.45) is 1.67. The van der Waals surface area contributed by atoms with Gasteiger partial charge in [0.2, 0.25) is 0 Å². The Labute approximate surface area is 104 Å². The van der Waals surface area contributed by atoms with Crippen molar-refractivity contribution in [1.29, 1.82) is 0 Å². The van der Waals surface area contributed by atoms with Crippen molar-refractivity contribution >= 4 is 28.0 Å². The number of rotatable bonds is 3. The first-order chi connectivity index (χ1) is 8.13. The number of ether oxygens (including phenoxy) is 1. The molecule has 1 heterocycles. The van der Waals surface area contributed by atoms with Crippen LogP contribution in [0.3, 0.4) is 0 Å². The summed E-state index contributed by atoms with van der Waals surface area (Å²) in [5.74, 6) is 0.682. The summed E-state index contributed by atoms with van der Waals surface area (Å²) < 4.78 is 6.69. The van der Waals surface area contributed by atoms with Gasteiger partial charge in [-0.1, -0.05) is 18.3 Å². The normalized spacial score (nSPS) is 10.4. The molecule has 0 saturated heterocycles. The van der Waals surface area contributed by atoms with Crippen LogP contribution in [0.2, 0.25) is 0 Å². The van der Waals surface area contributed by atoms with Gasteiger partial charge >= 0.3 is 0 Å². The van der Waals surface area contributed by atoms with E-state index < -0.39 is 0 Å². The fourth-order valence-electron chi connectivity index (χ4n) is 1.76. The van der Waals surface area contributed by atoms with Gasteiger partial charge in [-0.15, -0.1) is 0 Å². The molecule has 0 aliphatic rings. The summed E-state index contributed by atoms with van der Waals surface area (Å²) in [7, 11) is 1.58. The number of benzene rings is 1. The number of nitrogens with zero attached hydrogens (tertiary/aromatic N) is 1. The molecule has 88 valence electrons. The van der Waals surface area contributed by atoms with Crippen LogP contribution in [-0.4, -0.2) is 16.7 Å². The highest BCUT2D eigenvalue weighted by Crippen LogP contribution is 2.22. The van der Waals surface area contributed by atoms with Gasteiger partial charge < -0.3 is 15.0 Å². The molecule has 0 fully saturated rings. The number of hydrogen-bond acceptors (Lipinski definition) is 3. The van der Waals surface area contributed by atoms with Crippen molar-refractivity contribution in [1.82, 2.24) is 4.57 Å². The monoisotopic (exact) mass is 248 g/mol. The first-order valence-electron chi connectivity index (χ1n) is 5.08. The second-order valence-corrected chi connectivity index (χ2v) is 4.16. The number of thiocarbonyl (C=S) groups is 1. The zero-order chi connectivity index (χ0) is 12.4. The van der Waals surface area contributed by atoms with Crippen LogP contribution in [-0.2, 0) is 6.54 Å². The molecule has 0 bridgehead atoms. The van der Waals surface area contributed by atoms with E-state index in [1.807, 2.05) is 12.1 Å². The second-order valence-electron chi connectivity index (χ2n) is 3.64. The van der Waals surface area contributed by atoms with Crippen molar-refractivity contribution in [3.8, 4) is 5.75 Å². The molecule has 2 aromatic rings. The molecular formula is C12H12N2O2S. The van der Waals surface area contributed by atoms with E-state index in [2.05, 4.69) is 0 Å². The van der Waals surface area contributed by atoms with Crippen molar-refractivity contribution in [3.63, 3.8) is 0 Å². The van der Waals surface area contributed by atoms with Crippen LogP contribution >= 0.6 is 12.2 Å². The minimum Gasteiger partial charge on any atom is -0.496 e. The number of nitrogens with two attached hydrogens (primary N) is 1. The third-order valence-corrected chi connectivity index (χ3v) is 2.65. The molecule has 0 unspecified atom stereocenters. The van der Waals surface area contributed by atoms with Crippen molar-refractivity contribution in [2.75, 3.05) is 7.11 Å². The summed E-state index contributed by atoms with van der Waals surface area (Å²) in [6.45, 7) is 0.251. The molecule has 5 heteroatoms. The van der Waals surface area contributed by atoms with Crippen LogP contribution in [0, 0.1) is 0 Å². The van der Waals surface area contributed by atoms with Gasteiger partial charge in [0, 0.05) is 11.6 Å². The third kappa shape index (κ3) is 2.14. The van der Waals surface area contributed by atoms with Crippen LogP contribution in [0.15, 0.2) is 35.3 Å². The number of methoxy groups -OCH3 is 1. The van der Waals surface area contributed by atoms with E-state index in [0.29, 0.717) is 11.1 Å². The van der Waals surface area contributed by atoms with Gasteiger partial charge in [-0.05, 0) is 18.2 Å². The van der Waals surface area contributed by atoms with Crippen LogP contribution in [0.1, 0.15) is 0 Å². The first kappa shape index (κ1) is 11.6. The summed E-state index contributed by atoms with van der Waals surface area (Å²) in [4.78, 5) is 12.4. The molecule has 1 aromatic heterocycles. The molecule has 0 aliphatic carbocycles. The Morgan fingerprint density at radius 2 is 2.18 bits per heavy atom. The predicted molar refractivity (Wildman–Crippen MR) is 71.5 cm³/mol. The maximum atomic E-state index is 12.1. The van der Waals surface area contributed by atoms with E-state index in [9.17, 15) is 4.79 Å². The summed E-state index contributed by atoms with van der Waals surface area (Å²) >= 11 is 4.80. The molecule has 0 atom stereocenters. The molecule has 4 nitrogen and oxygen atoms in total. The quantitative estimate of drug-likeness (QED) is 0.832. The largest absolute Gasteiger partial charge is 0.496 e. The van der Waals surface area contributed by atoms with Crippen molar-refractivity contribution in [2.24, 2.45) is 5.73 Å². The van der Waals surface area contributed by atoms with Gasteiger partial charge in [-0.3, -0.25) is 4.79 Å². The topological polar surface area (TPSA) is 57.2 Å². The average molecular weight is 248 g/mol. The third-order valence-electron chi connectivity index (χ3n) is 2.52.